The van der Waals surface area contributed by atoms with Crippen LogP contribution in [0.25, 0.3) is 16.7 Å². The number of aryl methyl sites for hydroxylation is 1. The van der Waals surface area contributed by atoms with Gasteiger partial charge < -0.3 is 15.0 Å². The molecule has 13 heteroatoms. The van der Waals surface area contributed by atoms with E-state index in [0.29, 0.717) is 25.5 Å². The second-order valence-corrected chi connectivity index (χ2v) is 7.08. The molecule has 2 N–H and O–H groups in total. The number of benzene rings is 1. The fourth-order valence-electron chi connectivity index (χ4n) is 2.90. The maximum absolute atomic E-state index is 13.0. The Balaban J connectivity index is 0.000000205. The topological polar surface area (TPSA) is 128 Å². The van der Waals surface area contributed by atoms with E-state index < -0.39 is 17.3 Å². The summed E-state index contributed by atoms with van der Waals surface area (Å²) in [6.45, 7) is 4.79. The van der Waals surface area contributed by atoms with E-state index in [1.54, 1.807) is 6.20 Å². The third-order valence-corrected chi connectivity index (χ3v) is 4.53. The minimum atomic E-state index is -4.52. The van der Waals surface area contributed by atoms with Crippen LogP contribution in [-0.4, -0.2) is 48.8 Å². The summed E-state index contributed by atoms with van der Waals surface area (Å²) in [6, 6.07) is 4.98. The van der Waals surface area contributed by atoms with Gasteiger partial charge in [0, 0.05) is 6.61 Å². The van der Waals surface area contributed by atoms with Gasteiger partial charge in [-0.2, -0.15) is 18.3 Å². The zero-order valence-corrected chi connectivity index (χ0v) is 18.8. The molecule has 0 atom stereocenters. The van der Waals surface area contributed by atoms with Gasteiger partial charge in [0.05, 0.1) is 54.9 Å². The van der Waals surface area contributed by atoms with E-state index in [0.717, 1.165) is 22.8 Å². The molecule has 0 saturated carbocycles. The largest absolute Gasteiger partial charge is 0.418 e. The van der Waals surface area contributed by atoms with Crippen LogP contribution < -0.4 is 10.9 Å². The Morgan fingerprint density at radius 3 is 2.60 bits per heavy atom. The molecule has 0 spiro atoms. The molecule has 184 valence electrons. The Morgan fingerprint density at radius 2 is 1.91 bits per heavy atom. The molecule has 0 aliphatic rings. The van der Waals surface area contributed by atoms with Crippen LogP contribution >= 0.6 is 0 Å². The maximum atomic E-state index is 13.0. The zero-order chi connectivity index (χ0) is 25.4. The summed E-state index contributed by atoms with van der Waals surface area (Å²) < 4.78 is 45.0. The number of rotatable bonds is 6. The van der Waals surface area contributed by atoms with Crippen LogP contribution in [0, 0.1) is 6.92 Å². The number of amides is 1. The Bertz CT molecular complexity index is 1330. The Labute approximate surface area is 197 Å². The second-order valence-electron chi connectivity index (χ2n) is 7.08. The van der Waals surface area contributed by atoms with Crippen LogP contribution in [0.5, 0.6) is 0 Å². The van der Waals surface area contributed by atoms with Gasteiger partial charge in [0.2, 0.25) is 5.91 Å². The molecule has 0 radical (unpaired) electrons. The lowest BCUT2D eigenvalue weighted by Gasteiger charge is -2.12. The minimum absolute atomic E-state index is 0.0745. The Morgan fingerprint density at radius 1 is 1.14 bits per heavy atom. The first kappa shape index (κ1) is 25.5. The average Bonchev–Trinajstić information content (AvgIpc) is 3.26. The van der Waals surface area contributed by atoms with Gasteiger partial charge in [-0.3, -0.25) is 14.6 Å². The van der Waals surface area contributed by atoms with Crippen LogP contribution in [0.1, 0.15) is 24.6 Å². The number of fused-ring (bicyclic) bond motifs is 1. The molecule has 0 unspecified atom stereocenters. The highest BCUT2D eigenvalue weighted by atomic mass is 19.4. The third-order valence-electron chi connectivity index (χ3n) is 4.53. The fraction of sp³-hybridized carbons (Fsp3) is 0.273. The van der Waals surface area contributed by atoms with Crippen LogP contribution in [-0.2, 0) is 15.7 Å². The highest BCUT2D eigenvalue weighted by molar-refractivity contribution is 5.89. The normalized spacial score (nSPS) is 11.1. The number of halogens is 3. The minimum Gasteiger partial charge on any atom is -0.381 e. The first-order chi connectivity index (χ1) is 16.7. The molecule has 1 amide bonds. The predicted octanol–water partition coefficient (Wildman–Crippen LogP) is 3.28. The lowest BCUT2D eigenvalue weighted by Crippen LogP contribution is -2.15. The highest BCUT2D eigenvalue weighted by Crippen LogP contribution is 2.34. The lowest BCUT2D eigenvalue weighted by atomic mass is 10.1. The van der Waals surface area contributed by atoms with E-state index in [9.17, 15) is 22.8 Å². The number of aromatic nitrogens is 6. The number of carbonyl (C=O) groups is 1. The van der Waals surface area contributed by atoms with Gasteiger partial charge in [0.15, 0.2) is 11.5 Å². The summed E-state index contributed by atoms with van der Waals surface area (Å²) in [7, 11) is 0. The first-order valence-electron chi connectivity index (χ1n) is 10.4. The summed E-state index contributed by atoms with van der Waals surface area (Å²) in [5, 5.41) is 6.60. The van der Waals surface area contributed by atoms with E-state index in [1.807, 2.05) is 13.8 Å². The number of nitrogens with one attached hydrogen (secondary N) is 2. The van der Waals surface area contributed by atoms with Crippen LogP contribution in [0.4, 0.5) is 19.0 Å². The van der Waals surface area contributed by atoms with Gasteiger partial charge in [-0.15, -0.1) is 0 Å². The molecule has 1 aromatic carbocycles. The number of anilines is 1. The standard InChI is InChI=1S/C12H7F3N4O.C10H15N3O2/c13-12(14,15)8-3-1-2-4-9(8)19-10-7(5-18-19)11(20)17-6-16-10;1-3-15-5-4-10(14)13-9-7-11-8(2)6-12-9/h1-6H,(H,16,17,20);6-7H,3-5H2,1-2H3,(H,12,13,14). The molecule has 10 nitrogen and oxygen atoms in total. The van der Waals surface area contributed by atoms with Crippen molar-refractivity contribution in [2.45, 2.75) is 26.4 Å². The molecule has 3 aromatic heterocycles. The van der Waals surface area contributed by atoms with Crippen molar-refractivity contribution in [2.75, 3.05) is 18.5 Å². The van der Waals surface area contributed by atoms with E-state index in [2.05, 4.69) is 30.4 Å². The number of hydrogen-bond donors (Lipinski definition) is 2. The van der Waals surface area contributed by atoms with Crippen molar-refractivity contribution in [3.05, 3.63) is 70.8 Å². The van der Waals surface area contributed by atoms with Crippen molar-refractivity contribution >= 4 is 22.8 Å². The zero-order valence-electron chi connectivity index (χ0n) is 18.8. The van der Waals surface area contributed by atoms with Gasteiger partial charge in [-0.05, 0) is 26.0 Å². The number of carbonyl (C=O) groups excluding carboxylic acids is 1. The molecular formula is C22H22F3N7O3. The van der Waals surface area contributed by atoms with Crippen molar-refractivity contribution in [3.8, 4) is 5.69 Å². The van der Waals surface area contributed by atoms with E-state index in [1.165, 1.54) is 30.6 Å². The van der Waals surface area contributed by atoms with Gasteiger partial charge in [0.1, 0.15) is 5.39 Å². The number of hydrogen-bond acceptors (Lipinski definition) is 7. The summed E-state index contributed by atoms with van der Waals surface area (Å²) in [4.78, 5) is 37.1. The van der Waals surface area contributed by atoms with Gasteiger partial charge in [0.25, 0.3) is 5.56 Å². The molecule has 0 aliphatic heterocycles. The molecular weight excluding hydrogens is 467 g/mol. The monoisotopic (exact) mass is 489 g/mol. The Kier molecular flexibility index (Phi) is 8.25. The van der Waals surface area contributed by atoms with Gasteiger partial charge in [-0.1, -0.05) is 12.1 Å². The van der Waals surface area contributed by atoms with Crippen molar-refractivity contribution in [2.24, 2.45) is 0 Å². The third kappa shape index (κ3) is 6.69. The molecule has 4 aromatic rings. The van der Waals surface area contributed by atoms with Crippen LogP contribution in [0.2, 0.25) is 0 Å². The second kappa shape index (κ2) is 11.3. The number of H-pyrrole nitrogens is 1. The summed E-state index contributed by atoms with van der Waals surface area (Å²) >= 11 is 0. The summed E-state index contributed by atoms with van der Waals surface area (Å²) in [6.07, 6.45) is 1.28. The van der Waals surface area contributed by atoms with Gasteiger partial charge >= 0.3 is 6.18 Å². The smallest absolute Gasteiger partial charge is 0.381 e. The summed E-state index contributed by atoms with van der Waals surface area (Å²) in [5.74, 6) is 0.365. The van der Waals surface area contributed by atoms with E-state index in [-0.39, 0.29) is 22.6 Å². The van der Waals surface area contributed by atoms with Crippen LogP contribution in [0.3, 0.4) is 0 Å². The molecule has 35 heavy (non-hydrogen) atoms. The van der Waals surface area contributed by atoms with Crippen LogP contribution in [0.15, 0.2) is 54.0 Å². The number of para-hydroxylation sites is 1. The molecule has 3 heterocycles. The molecule has 0 saturated heterocycles. The average molecular weight is 489 g/mol. The SMILES string of the molecule is CCOCCC(=O)Nc1cnc(C)cn1.O=c1[nH]cnc2c1cnn2-c1ccccc1C(F)(F)F. The molecule has 0 fully saturated rings. The first-order valence-corrected chi connectivity index (χ1v) is 10.4. The van der Waals surface area contributed by atoms with E-state index >= 15 is 0 Å². The molecule has 4 rings (SSSR count). The maximum Gasteiger partial charge on any atom is 0.418 e. The van der Waals surface area contributed by atoms with Crippen molar-refractivity contribution in [3.63, 3.8) is 0 Å². The number of aromatic amines is 1. The molecule has 0 bridgehead atoms. The van der Waals surface area contributed by atoms with E-state index in [4.69, 9.17) is 4.74 Å². The predicted molar refractivity (Wildman–Crippen MR) is 121 cm³/mol. The number of ether oxygens (including phenoxy) is 1. The molecule has 0 aliphatic carbocycles. The fourth-order valence-corrected chi connectivity index (χ4v) is 2.90. The van der Waals surface area contributed by atoms with Crippen molar-refractivity contribution in [1.29, 1.82) is 0 Å². The van der Waals surface area contributed by atoms with Crippen molar-refractivity contribution < 1.29 is 22.7 Å². The lowest BCUT2D eigenvalue weighted by molar-refractivity contribution is -0.137. The number of nitrogens with zero attached hydrogens (tertiary/aromatic N) is 5. The van der Waals surface area contributed by atoms with Crippen molar-refractivity contribution in [1.82, 2.24) is 29.7 Å². The number of alkyl halides is 3. The highest BCUT2D eigenvalue weighted by Gasteiger charge is 2.34. The van der Waals surface area contributed by atoms with Gasteiger partial charge in [-0.25, -0.2) is 14.6 Å². The summed E-state index contributed by atoms with van der Waals surface area (Å²) in [5.41, 5.74) is -0.571. The Hall–Kier alpha value is -4.13. The quantitative estimate of drug-likeness (QED) is 0.398.